The average Bonchev–Trinajstić information content (AvgIpc) is 2.65. The highest BCUT2D eigenvalue weighted by Crippen LogP contribution is 2.56. The van der Waals surface area contributed by atoms with E-state index in [2.05, 4.69) is 58.9 Å². The fraction of sp³-hybridized carbons (Fsp3) is 0.381. The van der Waals surface area contributed by atoms with Crippen molar-refractivity contribution in [1.29, 1.82) is 0 Å². The van der Waals surface area contributed by atoms with Gasteiger partial charge in [-0.25, -0.2) is 4.74 Å². The van der Waals surface area contributed by atoms with E-state index in [1.54, 1.807) is 0 Å². The second-order valence-electron chi connectivity index (χ2n) is 7.68. The molecule has 0 aliphatic carbocycles. The Hall–Kier alpha value is -2.09. The SMILES string of the molecule is CC1(C)C(c2ccccc2)=[N+]([O-])C(C)(C)[C@@]1(C)c1ccccc1. The van der Waals surface area contributed by atoms with E-state index in [9.17, 15) is 5.21 Å². The van der Waals surface area contributed by atoms with Gasteiger partial charge in [-0.15, -0.1) is 0 Å². The molecule has 0 saturated heterocycles. The lowest BCUT2D eigenvalue weighted by molar-refractivity contribution is -0.541. The highest BCUT2D eigenvalue weighted by Gasteiger charge is 2.67. The van der Waals surface area contributed by atoms with E-state index in [-0.39, 0.29) is 10.8 Å². The van der Waals surface area contributed by atoms with Gasteiger partial charge in [-0.3, -0.25) is 0 Å². The Labute approximate surface area is 139 Å². The maximum absolute atomic E-state index is 13.3. The summed E-state index contributed by atoms with van der Waals surface area (Å²) in [7, 11) is 0. The van der Waals surface area contributed by atoms with Crippen LogP contribution < -0.4 is 0 Å². The molecule has 2 nitrogen and oxygen atoms in total. The summed E-state index contributed by atoms with van der Waals surface area (Å²) >= 11 is 0. The van der Waals surface area contributed by atoms with Crippen LogP contribution in [0.2, 0.25) is 0 Å². The molecule has 1 aliphatic rings. The first-order chi connectivity index (χ1) is 10.7. The first-order valence-electron chi connectivity index (χ1n) is 8.20. The normalized spacial score (nSPS) is 25.6. The molecule has 2 aromatic carbocycles. The Balaban J connectivity index is 2.28. The van der Waals surface area contributed by atoms with E-state index in [1.807, 2.05) is 36.4 Å². The van der Waals surface area contributed by atoms with Crippen LogP contribution in [-0.4, -0.2) is 16.0 Å². The third-order valence-electron chi connectivity index (χ3n) is 6.17. The molecule has 3 rings (SSSR count). The topological polar surface area (TPSA) is 26.1 Å². The second kappa shape index (κ2) is 4.95. The molecule has 0 bridgehead atoms. The molecule has 0 N–H and O–H groups in total. The summed E-state index contributed by atoms with van der Waals surface area (Å²) in [5.41, 5.74) is 1.97. The van der Waals surface area contributed by atoms with Crippen LogP contribution in [0.3, 0.4) is 0 Å². The Kier molecular flexibility index (Phi) is 3.40. The summed E-state index contributed by atoms with van der Waals surface area (Å²) in [6.07, 6.45) is 0. The average molecular weight is 307 g/mol. The third kappa shape index (κ3) is 1.90. The zero-order valence-corrected chi connectivity index (χ0v) is 14.6. The van der Waals surface area contributed by atoms with Gasteiger partial charge < -0.3 is 5.21 Å². The zero-order valence-electron chi connectivity index (χ0n) is 14.6. The first kappa shape index (κ1) is 15.8. The van der Waals surface area contributed by atoms with Crippen LogP contribution in [0.15, 0.2) is 60.7 Å². The van der Waals surface area contributed by atoms with Crippen molar-refractivity contribution in [3.63, 3.8) is 0 Å². The molecule has 0 saturated carbocycles. The molecule has 0 aromatic heterocycles. The smallest absolute Gasteiger partial charge is 0.201 e. The highest BCUT2D eigenvalue weighted by molar-refractivity contribution is 6.03. The van der Waals surface area contributed by atoms with Gasteiger partial charge >= 0.3 is 0 Å². The Morgan fingerprint density at radius 2 is 1.22 bits per heavy atom. The molecule has 0 fully saturated rings. The number of benzene rings is 2. The molecule has 0 spiro atoms. The predicted octanol–water partition coefficient (Wildman–Crippen LogP) is 4.76. The van der Waals surface area contributed by atoms with Crippen LogP contribution in [0.4, 0.5) is 0 Å². The van der Waals surface area contributed by atoms with Gasteiger partial charge in [-0.2, -0.15) is 0 Å². The standard InChI is InChI=1S/C21H25NO/c1-19(2)18(16-12-8-6-9-13-16)22(23)20(3,4)21(19,5)17-14-10-7-11-15-17/h6-15H,1-5H3/t21-/m0/s1. The van der Waals surface area contributed by atoms with Crippen LogP contribution >= 0.6 is 0 Å². The second-order valence-corrected chi connectivity index (χ2v) is 7.68. The van der Waals surface area contributed by atoms with Gasteiger partial charge in [0.25, 0.3) is 0 Å². The molecule has 23 heavy (non-hydrogen) atoms. The molecule has 1 aliphatic heterocycles. The molecule has 2 heteroatoms. The van der Waals surface area contributed by atoms with Gasteiger partial charge in [-0.1, -0.05) is 48.5 Å². The van der Waals surface area contributed by atoms with Crippen LogP contribution in [-0.2, 0) is 5.41 Å². The van der Waals surface area contributed by atoms with Crippen molar-refractivity contribution < 1.29 is 4.74 Å². The minimum atomic E-state index is -0.539. The van der Waals surface area contributed by atoms with Crippen molar-refractivity contribution in [1.82, 2.24) is 0 Å². The summed E-state index contributed by atoms with van der Waals surface area (Å²) in [4.78, 5) is 0. The van der Waals surface area contributed by atoms with Crippen molar-refractivity contribution in [3.05, 3.63) is 77.0 Å². The van der Waals surface area contributed by atoms with Gasteiger partial charge in [0, 0.05) is 19.4 Å². The minimum absolute atomic E-state index is 0.291. The van der Waals surface area contributed by atoms with Crippen molar-refractivity contribution >= 4 is 5.71 Å². The monoisotopic (exact) mass is 307 g/mol. The highest BCUT2D eigenvalue weighted by atomic mass is 16.5. The van der Waals surface area contributed by atoms with Crippen molar-refractivity contribution in [2.75, 3.05) is 0 Å². The van der Waals surface area contributed by atoms with Crippen molar-refractivity contribution in [2.45, 2.75) is 45.6 Å². The molecule has 2 aromatic rings. The molecule has 0 unspecified atom stereocenters. The predicted molar refractivity (Wildman–Crippen MR) is 95.8 cm³/mol. The summed E-state index contributed by atoms with van der Waals surface area (Å²) in [6, 6.07) is 20.5. The van der Waals surface area contributed by atoms with Gasteiger partial charge in [0.15, 0.2) is 5.54 Å². The Morgan fingerprint density at radius 3 is 1.74 bits per heavy atom. The van der Waals surface area contributed by atoms with Crippen molar-refractivity contribution in [2.24, 2.45) is 5.41 Å². The van der Waals surface area contributed by atoms with Crippen LogP contribution in [0.1, 0.15) is 45.7 Å². The number of hydrogen-bond acceptors (Lipinski definition) is 1. The summed E-state index contributed by atoms with van der Waals surface area (Å²) in [6.45, 7) is 10.7. The minimum Gasteiger partial charge on any atom is -0.623 e. The first-order valence-corrected chi connectivity index (χ1v) is 8.20. The van der Waals surface area contributed by atoms with Crippen LogP contribution in [0.5, 0.6) is 0 Å². The number of hydroxylamine groups is 1. The van der Waals surface area contributed by atoms with E-state index < -0.39 is 5.54 Å². The lowest BCUT2D eigenvalue weighted by atomic mass is 9.55. The van der Waals surface area contributed by atoms with E-state index in [0.717, 1.165) is 11.3 Å². The summed E-state index contributed by atoms with van der Waals surface area (Å²) in [5.74, 6) is 0. The van der Waals surface area contributed by atoms with Crippen molar-refractivity contribution in [3.8, 4) is 0 Å². The quantitative estimate of drug-likeness (QED) is 0.580. The molecule has 1 atom stereocenters. The van der Waals surface area contributed by atoms with Gasteiger partial charge in [0.1, 0.15) is 0 Å². The fourth-order valence-corrected chi connectivity index (χ4v) is 4.30. The Morgan fingerprint density at radius 1 is 0.739 bits per heavy atom. The van der Waals surface area contributed by atoms with Gasteiger partial charge in [-0.05, 0) is 38.5 Å². The molecule has 0 radical (unpaired) electrons. The largest absolute Gasteiger partial charge is 0.623 e. The number of rotatable bonds is 2. The summed E-state index contributed by atoms with van der Waals surface area (Å²) < 4.78 is 1.25. The van der Waals surface area contributed by atoms with E-state index in [1.165, 1.54) is 10.3 Å². The van der Waals surface area contributed by atoms with E-state index in [4.69, 9.17) is 0 Å². The van der Waals surface area contributed by atoms with E-state index >= 15 is 0 Å². The summed E-state index contributed by atoms with van der Waals surface area (Å²) in [5, 5.41) is 13.3. The molecule has 0 amide bonds. The fourth-order valence-electron chi connectivity index (χ4n) is 4.30. The number of nitrogens with zero attached hydrogens (tertiary/aromatic N) is 1. The van der Waals surface area contributed by atoms with Gasteiger partial charge in [0.2, 0.25) is 5.71 Å². The molecule has 1 heterocycles. The number of hydrogen-bond donors (Lipinski definition) is 0. The molecular weight excluding hydrogens is 282 g/mol. The zero-order chi connectivity index (χ0) is 16.9. The third-order valence-corrected chi connectivity index (χ3v) is 6.17. The van der Waals surface area contributed by atoms with Crippen LogP contribution in [0.25, 0.3) is 0 Å². The molecule has 120 valence electrons. The Bertz CT molecular complexity index is 744. The lowest BCUT2D eigenvalue weighted by Crippen LogP contribution is -2.53. The maximum atomic E-state index is 13.3. The van der Waals surface area contributed by atoms with Crippen LogP contribution in [0, 0.1) is 10.6 Å². The van der Waals surface area contributed by atoms with Gasteiger partial charge in [0.05, 0.1) is 10.8 Å². The van der Waals surface area contributed by atoms with E-state index in [0.29, 0.717) is 0 Å². The lowest BCUT2D eigenvalue weighted by Gasteiger charge is -2.43. The maximum Gasteiger partial charge on any atom is 0.201 e. The molecular formula is C21H25NO.